The molecule has 0 saturated heterocycles. The van der Waals surface area contributed by atoms with E-state index in [2.05, 4.69) is 12.6 Å². The molecule has 0 amide bonds. The number of benzene rings is 1. The van der Waals surface area contributed by atoms with Gasteiger partial charge in [0.2, 0.25) is 0 Å². The number of thiol groups is 1. The summed E-state index contributed by atoms with van der Waals surface area (Å²) in [6, 6.07) is 7.30. The first-order valence-electron chi connectivity index (χ1n) is 2.82. The van der Waals surface area contributed by atoms with Crippen molar-refractivity contribution in [2.75, 3.05) is 6.26 Å². The van der Waals surface area contributed by atoms with Crippen LogP contribution in [0.3, 0.4) is 0 Å². The standard InChI is InChI=1S/C7H8OS2.Na.H/c1-10(8)7-4-2-6(9)3-5-7;;/h2-5,9H,1H3;;/q;+1;-1. The molecule has 1 aromatic rings. The summed E-state index contributed by atoms with van der Waals surface area (Å²) >= 11 is 4.10. The van der Waals surface area contributed by atoms with Crippen LogP contribution in [0.25, 0.3) is 0 Å². The average molecular weight is 196 g/mol. The van der Waals surface area contributed by atoms with Crippen molar-refractivity contribution in [3.63, 3.8) is 0 Å². The molecule has 0 aliphatic rings. The Labute approximate surface area is 98.2 Å². The van der Waals surface area contributed by atoms with Crippen LogP contribution >= 0.6 is 12.6 Å². The topological polar surface area (TPSA) is 17.1 Å². The van der Waals surface area contributed by atoms with Crippen LogP contribution in [-0.4, -0.2) is 10.5 Å². The van der Waals surface area contributed by atoms with Gasteiger partial charge in [-0.25, -0.2) is 0 Å². The largest absolute Gasteiger partial charge is 1.00 e. The van der Waals surface area contributed by atoms with E-state index in [9.17, 15) is 4.21 Å². The monoisotopic (exact) mass is 196 g/mol. The molecule has 0 spiro atoms. The average Bonchev–Trinajstić information content (AvgIpc) is 1.88. The van der Waals surface area contributed by atoms with E-state index >= 15 is 0 Å². The molecule has 0 fully saturated rings. The number of hydrogen-bond donors (Lipinski definition) is 1. The van der Waals surface area contributed by atoms with Gasteiger partial charge in [0, 0.05) is 26.8 Å². The van der Waals surface area contributed by atoms with Gasteiger partial charge in [-0.3, -0.25) is 4.21 Å². The second-order valence-corrected chi connectivity index (χ2v) is 3.84. The van der Waals surface area contributed by atoms with Crippen LogP contribution in [0, 0.1) is 0 Å². The van der Waals surface area contributed by atoms with Crippen LogP contribution in [0.5, 0.6) is 0 Å². The van der Waals surface area contributed by atoms with Crippen LogP contribution in [0.1, 0.15) is 1.43 Å². The van der Waals surface area contributed by atoms with Crippen LogP contribution in [0.15, 0.2) is 34.1 Å². The molecule has 1 nitrogen and oxygen atoms in total. The quantitative estimate of drug-likeness (QED) is 0.442. The minimum atomic E-state index is -0.871. The Morgan fingerprint density at radius 2 is 1.82 bits per heavy atom. The Kier molecular flexibility index (Phi) is 5.73. The van der Waals surface area contributed by atoms with E-state index in [1.807, 2.05) is 24.3 Å². The van der Waals surface area contributed by atoms with Gasteiger partial charge in [0.1, 0.15) is 0 Å². The van der Waals surface area contributed by atoms with Gasteiger partial charge < -0.3 is 1.43 Å². The van der Waals surface area contributed by atoms with E-state index in [1.54, 1.807) is 6.26 Å². The van der Waals surface area contributed by atoms with Crippen molar-refractivity contribution >= 4 is 23.4 Å². The van der Waals surface area contributed by atoms with E-state index in [0.29, 0.717) is 0 Å². The second kappa shape index (κ2) is 5.38. The molecule has 0 bridgehead atoms. The molecule has 0 N–H and O–H groups in total. The van der Waals surface area contributed by atoms with Gasteiger partial charge in [-0.15, -0.1) is 12.6 Å². The maximum absolute atomic E-state index is 10.8. The van der Waals surface area contributed by atoms with Crippen LogP contribution in [0.2, 0.25) is 0 Å². The van der Waals surface area contributed by atoms with Gasteiger partial charge in [0.05, 0.1) is 0 Å². The fraction of sp³-hybridized carbons (Fsp3) is 0.143. The first-order valence-corrected chi connectivity index (χ1v) is 4.83. The SMILES string of the molecule is CS(=O)c1ccc(S)cc1.[H-].[Na+]. The third-order valence-electron chi connectivity index (χ3n) is 1.17. The third-order valence-corrected chi connectivity index (χ3v) is 2.40. The van der Waals surface area contributed by atoms with E-state index in [-0.39, 0.29) is 31.0 Å². The summed E-state index contributed by atoms with van der Waals surface area (Å²) in [5.41, 5.74) is 0. The Balaban J connectivity index is 0. The van der Waals surface area contributed by atoms with Crippen molar-refractivity contribution in [2.24, 2.45) is 0 Å². The zero-order valence-electron chi connectivity index (χ0n) is 7.57. The molecule has 11 heavy (non-hydrogen) atoms. The summed E-state index contributed by atoms with van der Waals surface area (Å²) < 4.78 is 10.8. The van der Waals surface area contributed by atoms with Gasteiger partial charge in [-0.2, -0.15) is 0 Å². The zero-order chi connectivity index (χ0) is 7.56. The first-order chi connectivity index (χ1) is 4.70. The number of hydrogen-bond acceptors (Lipinski definition) is 2. The Hall–Kier alpha value is 0.720. The minimum absolute atomic E-state index is 0. The molecule has 56 valence electrons. The van der Waals surface area contributed by atoms with E-state index in [1.165, 1.54) is 0 Å². The maximum Gasteiger partial charge on any atom is 1.00 e. The molecule has 0 aromatic heterocycles. The van der Waals surface area contributed by atoms with Crippen LogP contribution in [0.4, 0.5) is 0 Å². The molecule has 1 aromatic carbocycles. The van der Waals surface area contributed by atoms with E-state index < -0.39 is 10.8 Å². The summed E-state index contributed by atoms with van der Waals surface area (Å²) in [5, 5.41) is 0. The minimum Gasteiger partial charge on any atom is -1.00 e. The fourth-order valence-electron chi connectivity index (χ4n) is 0.638. The molecule has 0 heterocycles. The molecule has 0 radical (unpaired) electrons. The predicted molar refractivity (Wildman–Crippen MR) is 47.1 cm³/mol. The van der Waals surface area contributed by atoms with Gasteiger partial charge in [-0.05, 0) is 24.3 Å². The van der Waals surface area contributed by atoms with Gasteiger partial charge in [0.25, 0.3) is 0 Å². The van der Waals surface area contributed by atoms with E-state index in [4.69, 9.17) is 0 Å². The summed E-state index contributed by atoms with van der Waals surface area (Å²) in [6.07, 6.45) is 1.66. The van der Waals surface area contributed by atoms with Gasteiger partial charge in [0.15, 0.2) is 0 Å². The van der Waals surface area contributed by atoms with Gasteiger partial charge >= 0.3 is 29.6 Å². The Morgan fingerprint density at radius 1 is 1.36 bits per heavy atom. The second-order valence-electron chi connectivity index (χ2n) is 1.95. The smallest absolute Gasteiger partial charge is 1.00 e. The van der Waals surface area contributed by atoms with Crippen molar-refractivity contribution in [3.05, 3.63) is 24.3 Å². The molecular formula is C7H9NaOS2. The van der Waals surface area contributed by atoms with Crippen LogP contribution < -0.4 is 29.6 Å². The first kappa shape index (κ1) is 11.7. The molecule has 0 aliphatic heterocycles. The molecular weight excluding hydrogens is 187 g/mol. The van der Waals surface area contributed by atoms with Crippen molar-refractivity contribution in [1.29, 1.82) is 0 Å². The van der Waals surface area contributed by atoms with Crippen molar-refractivity contribution < 1.29 is 35.2 Å². The molecule has 0 aliphatic carbocycles. The van der Waals surface area contributed by atoms with Crippen molar-refractivity contribution in [3.8, 4) is 0 Å². The zero-order valence-corrected chi connectivity index (χ0v) is 10.3. The van der Waals surface area contributed by atoms with Crippen LogP contribution in [-0.2, 0) is 10.8 Å². The third kappa shape index (κ3) is 3.76. The van der Waals surface area contributed by atoms with Crippen molar-refractivity contribution in [2.45, 2.75) is 9.79 Å². The summed E-state index contributed by atoms with van der Waals surface area (Å²) in [6.45, 7) is 0. The molecule has 4 heteroatoms. The Bertz CT molecular complexity index is 250. The summed E-state index contributed by atoms with van der Waals surface area (Å²) in [4.78, 5) is 1.74. The molecule has 1 unspecified atom stereocenters. The number of rotatable bonds is 1. The normalized spacial score (nSPS) is 11.8. The van der Waals surface area contributed by atoms with Gasteiger partial charge in [-0.1, -0.05) is 0 Å². The maximum atomic E-state index is 10.8. The molecule has 1 rings (SSSR count). The predicted octanol–water partition coefficient (Wildman–Crippen LogP) is -1.17. The summed E-state index contributed by atoms with van der Waals surface area (Å²) in [5.74, 6) is 0. The molecule has 0 saturated carbocycles. The summed E-state index contributed by atoms with van der Waals surface area (Å²) in [7, 11) is -0.871. The van der Waals surface area contributed by atoms with E-state index in [0.717, 1.165) is 9.79 Å². The Morgan fingerprint density at radius 3 is 2.18 bits per heavy atom. The fourth-order valence-corrected chi connectivity index (χ4v) is 1.31. The van der Waals surface area contributed by atoms with Crippen molar-refractivity contribution in [1.82, 2.24) is 0 Å². The molecule has 1 atom stereocenters.